The average molecular weight is 412 g/mol. The first-order valence-electron chi connectivity index (χ1n) is 10.3. The van der Waals surface area contributed by atoms with Gasteiger partial charge in [0.05, 0.1) is 0 Å². The minimum atomic E-state index is 0.0260. The van der Waals surface area contributed by atoms with Gasteiger partial charge >= 0.3 is 0 Å². The number of piperazine rings is 1. The Kier molecular flexibility index (Phi) is 4.97. The van der Waals surface area contributed by atoms with E-state index in [0.29, 0.717) is 16.2 Å². The van der Waals surface area contributed by atoms with Crippen molar-refractivity contribution in [2.45, 2.75) is 19.3 Å². The van der Waals surface area contributed by atoms with Gasteiger partial charge in [0, 0.05) is 74.2 Å². The van der Waals surface area contributed by atoms with Crippen LogP contribution in [0, 0.1) is 0 Å². The van der Waals surface area contributed by atoms with Crippen molar-refractivity contribution in [2.24, 2.45) is 0 Å². The van der Waals surface area contributed by atoms with Crippen molar-refractivity contribution in [3.8, 4) is 11.1 Å². The molecule has 3 aromatic heterocycles. The first kappa shape index (κ1) is 18.6. The third-order valence-electron chi connectivity index (χ3n) is 5.83. The minimum Gasteiger partial charge on any atom is -0.439 e. The van der Waals surface area contributed by atoms with Crippen LogP contribution in [0.3, 0.4) is 0 Å². The quantitative estimate of drug-likeness (QED) is 0.656. The molecule has 3 aromatic rings. The highest BCUT2D eigenvalue weighted by atomic mass is 32.1. The summed E-state index contributed by atoms with van der Waals surface area (Å²) >= 11 is 1.43. The summed E-state index contributed by atoms with van der Waals surface area (Å²) in [4.78, 5) is 28.5. The Labute approximate surface area is 173 Å². The van der Waals surface area contributed by atoms with Gasteiger partial charge in [0.2, 0.25) is 11.4 Å². The summed E-state index contributed by atoms with van der Waals surface area (Å²) < 4.78 is 6.89. The molecule has 8 heteroatoms. The van der Waals surface area contributed by atoms with Crippen LogP contribution in [0.15, 0.2) is 33.1 Å². The second-order valence-corrected chi connectivity index (χ2v) is 8.75. The Balaban J connectivity index is 1.46. The number of likely N-dealkylation sites (N-methyl/N-ethyl adjacent to an activating group) is 1. The number of hydrogen-bond donors (Lipinski definition) is 0. The molecule has 2 saturated heterocycles. The van der Waals surface area contributed by atoms with E-state index in [1.54, 1.807) is 6.07 Å². The minimum absolute atomic E-state index is 0.0260. The maximum Gasteiger partial charge on any atom is 0.225 e. The van der Waals surface area contributed by atoms with Gasteiger partial charge in [-0.1, -0.05) is 0 Å². The van der Waals surface area contributed by atoms with Crippen LogP contribution >= 0.6 is 11.3 Å². The van der Waals surface area contributed by atoms with Crippen LogP contribution in [0.25, 0.3) is 21.4 Å². The van der Waals surface area contributed by atoms with Crippen molar-refractivity contribution in [2.75, 3.05) is 56.1 Å². The fourth-order valence-corrected chi connectivity index (χ4v) is 4.94. The Morgan fingerprint density at radius 2 is 1.69 bits per heavy atom. The van der Waals surface area contributed by atoms with E-state index in [1.807, 2.05) is 17.8 Å². The van der Waals surface area contributed by atoms with Crippen molar-refractivity contribution < 1.29 is 4.42 Å². The molecule has 7 nitrogen and oxygen atoms in total. The number of rotatable bonds is 3. The number of fused-ring (bicyclic) bond motifs is 1. The molecular weight excluding hydrogens is 386 g/mol. The molecule has 2 fully saturated rings. The second kappa shape index (κ2) is 7.76. The molecule has 5 rings (SSSR count). The molecule has 0 saturated carbocycles. The molecule has 0 spiro atoms. The number of anilines is 2. The number of hydrogen-bond acceptors (Lipinski definition) is 8. The Bertz CT molecular complexity index is 1050. The smallest absolute Gasteiger partial charge is 0.225 e. The van der Waals surface area contributed by atoms with Gasteiger partial charge in [-0.15, -0.1) is 11.3 Å². The highest BCUT2D eigenvalue weighted by molar-refractivity contribution is 7.17. The lowest BCUT2D eigenvalue weighted by molar-refractivity contribution is 0.311. The van der Waals surface area contributed by atoms with E-state index in [-0.39, 0.29) is 5.43 Å². The van der Waals surface area contributed by atoms with E-state index in [0.717, 1.165) is 69.2 Å². The van der Waals surface area contributed by atoms with Gasteiger partial charge in [0.1, 0.15) is 4.70 Å². The number of nitrogens with zero attached hydrogens (tertiary/aromatic N) is 5. The maximum absolute atomic E-state index is 12.7. The van der Waals surface area contributed by atoms with Crippen LogP contribution < -0.4 is 15.2 Å². The summed E-state index contributed by atoms with van der Waals surface area (Å²) in [7, 11) is 2.13. The molecular formula is C21H25N5O2S. The van der Waals surface area contributed by atoms with Crippen LogP contribution in [0.2, 0.25) is 0 Å². The maximum atomic E-state index is 12.7. The molecule has 0 aliphatic carbocycles. The number of aromatic nitrogens is 2. The highest BCUT2D eigenvalue weighted by Crippen LogP contribution is 2.34. The molecule has 5 heterocycles. The van der Waals surface area contributed by atoms with Gasteiger partial charge in [-0.3, -0.25) is 4.79 Å². The molecule has 2 aliphatic heterocycles. The molecule has 0 atom stereocenters. The molecule has 0 radical (unpaired) electrons. The third-order valence-corrected chi connectivity index (χ3v) is 6.81. The molecule has 0 aromatic carbocycles. The van der Waals surface area contributed by atoms with Gasteiger partial charge < -0.3 is 19.1 Å². The highest BCUT2D eigenvalue weighted by Gasteiger charge is 2.20. The first-order valence-corrected chi connectivity index (χ1v) is 11.1. The number of thiophene rings is 1. The van der Waals surface area contributed by atoms with Gasteiger partial charge in [-0.25, -0.2) is 9.97 Å². The van der Waals surface area contributed by atoms with Crippen molar-refractivity contribution in [3.05, 3.63) is 34.1 Å². The van der Waals surface area contributed by atoms with Crippen molar-refractivity contribution >= 4 is 33.5 Å². The van der Waals surface area contributed by atoms with E-state index in [4.69, 9.17) is 4.42 Å². The summed E-state index contributed by atoms with van der Waals surface area (Å²) in [6.07, 6.45) is 7.20. The molecule has 0 amide bonds. The largest absolute Gasteiger partial charge is 0.439 e. The van der Waals surface area contributed by atoms with Crippen molar-refractivity contribution in [1.82, 2.24) is 14.9 Å². The summed E-state index contributed by atoms with van der Waals surface area (Å²) in [5, 5.41) is 1.98. The molecule has 2 aliphatic rings. The Morgan fingerprint density at radius 1 is 0.966 bits per heavy atom. The van der Waals surface area contributed by atoms with E-state index in [9.17, 15) is 4.79 Å². The summed E-state index contributed by atoms with van der Waals surface area (Å²) in [6.45, 7) is 5.79. The van der Waals surface area contributed by atoms with E-state index in [2.05, 4.69) is 31.7 Å². The standard InChI is InChI=1S/C21H25N5O2S/c1-24-7-9-26(10-8-24)21-22-12-15(13-23-21)16-14-29-20-17(27)11-18(28-19(16)20)25-5-3-2-4-6-25/h11-14H,2-10H2,1H3. The van der Waals surface area contributed by atoms with E-state index in [1.165, 1.54) is 17.8 Å². The lowest BCUT2D eigenvalue weighted by Gasteiger charge is -2.32. The Morgan fingerprint density at radius 3 is 2.41 bits per heavy atom. The number of piperidine rings is 1. The zero-order valence-electron chi connectivity index (χ0n) is 16.6. The lowest BCUT2D eigenvalue weighted by atomic mass is 10.1. The predicted molar refractivity (Wildman–Crippen MR) is 117 cm³/mol. The van der Waals surface area contributed by atoms with Gasteiger partial charge in [0.25, 0.3) is 0 Å². The summed E-state index contributed by atoms with van der Waals surface area (Å²) in [5.41, 5.74) is 2.45. The predicted octanol–water partition coefficient (Wildman–Crippen LogP) is 3.05. The zero-order valence-corrected chi connectivity index (χ0v) is 17.5. The summed E-state index contributed by atoms with van der Waals surface area (Å²) in [5.74, 6) is 1.44. The fourth-order valence-electron chi connectivity index (χ4n) is 4.03. The molecule has 29 heavy (non-hydrogen) atoms. The van der Waals surface area contributed by atoms with Crippen LogP contribution in [0.4, 0.5) is 11.8 Å². The summed E-state index contributed by atoms with van der Waals surface area (Å²) in [6, 6.07) is 1.64. The lowest BCUT2D eigenvalue weighted by Crippen LogP contribution is -2.45. The van der Waals surface area contributed by atoms with E-state index >= 15 is 0 Å². The topological polar surface area (TPSA) is 65.7 Å². The van der Waals surface area contributed by atoms with Gasteiger partial charge in [-0.05, 0) is 26.3 Å². The molecule has 152 valence electrons. The van der Waals surface area contributed by atoms with Crippen LogP contribution in [0.5, 0.6) is 0 Å². The Hall–Kier alpha value is -2.45. The second-order valence-electron chi connectivity index (χ2n) is 7.87. The molecule has 0 unspecified atom stereocenters. The molecule has 0 bridgehead atoms. The van der Waals surface area contributed by atoms with Crippen molar-refractivity contribution in [3.63, 3.8) is 0 Å². The SMILES string of the molecule is CN1CCN(c2ncc(-c3csc4c(=O)cc(N5CCCCC5)oc34)cn2)CC1. The van der Waals surface area contributed by atoms with Crippen molar-refractivity contribution in [1.29, 1.82) is 0 Å². The van der Waals surface area contributed by atoms with Crippen LogP contribution in [-0.2, 0) is 0 Å². The van der Waals surface area contributed by atoms with Gasteiger partial charge in [0.15, 0.2) is 11.5 Å². The fraction of sp³-hybridized carbons (Fsp3) is 0.476. The third kappa shape index (κ3) is 3.62. The normalized spacial score (nSPS) is 18.5. The first-order chi connectivity index (χ1) is 14.2. The van der Waals surface area contributed by atoms with Crippen LogP contribution in [0.1, 0.15) is 19.3 Å². The average Bonchev–Trinajstić information content (AvgIpc) is 3.20. The molecule has 0 N–H and O–H groups in total. The monoisotopic (exact) mass is 411 g/mol. The van der Waals surface area contributed by atoms with E-state index < -0.39 is 0 Å². The van der Waals surface area contributed by atoms with Gasteiger partial charge in [-0.2, -0.15) is 0 Å². The zero-order chi connectivity index (χ0) is 19.8. The van der Waals surface area contributed by atoms with Crippen LogP contribution in [-0.4, -0.2) is 61.2 Å².